The van der Waals surface area contributed by atoms with E-state index in [-0.39, 0.29) is 0 Å². The van der Waals surface area contributed by atoms with E-state index in [0.717, 1.165) is 6.42 Å². The maximum Gasteiger partial charge on any atom is 0.0547 e. The standard InChI is InChI=1S/C49H32N2/c1-3-15-32(16-4-1)41-30-35(31-43-36-20-8-7-17-33(36)29-42(41)43)51-45-26-12-10-22-40(45)49-38(24-14-28-47(49)51)37-23-13-27-46-48(37)39-21-9-11-25-44(39)50(46)34-18-5-2-6-19-34/h1-28,30-31H,29H2. The second-order valence-corrected chi connectivity index (χ2v) is 13.7. The molecule has 0 atom stereocenters. The molecular formula is C49H32N2. The van der Waals surface area contributed by atoms with Gasteiger partial charge in [-0.25, -0.2) is 0 Å². The summed E-state index contributed by atoms with van der Waals surface area (Å²) in [5.74, 6) is 0. The minimum Gasteiger partial charge on any atom is -0.309 e. The van der Waals surface area contributed by atoms with E-state index in [2.05, 4.69) is 191 Å². The van der Waals surface area contributed by atoms with Crippen LogP contribution in [0.5, 0.6) is 0 Å². The predicted molar refractivity (Wildman–Crippen MR) is 214 cm³/mol. The number of nitrogens with zero attached hydrogens (tertiary/aromatic N) is 2. The highest BCUT2D eigenvalue weighted by molar-refractivity contribution is 6.22. The summed E-state index contributed by atoms with van der Waals surface area (Å²) in [5.41, 5.74) is 17.8. The second-order valence-electron chi connectivity index (χ2n) is 13.7. The summed E-state index contributed by atoms with van der Waals surface area (Å²) >= 11 is 0. The molecule has 1 aliphatic rings. The molecule has 2 heteroatoms. The molecule has 0 unspecified atom stereocenters. The van der Waals surface area contributed by atoms with Crippen molar-refractivity contribution in [1.29, 1.82) is 0 Å². The first-order valence-electron chi connectivity index (χ1n) is 17.7. The van der Waals surface area contributed by atoms with E-state index in [1.54, 1.807) is 0 Å². The quantitative estimate of drug-likeness (QED) is 0.180. The molecule has 51 heavy (non-hydrogen) atoms. The van der Waals surface area contributed by atoms with Crippen LogP contribution < -0.4 is 0 Å². The van der Waals surface area contributed by atoms with E-state index in [4.69, 9.17) is 0 Å². The Morgan fingerprint density at radius 2 is 0.824 bits per heavy atom. The van der Waals surface area contributed by atoms with Crippen LogP contribution in [0.15, 0.2) is 182 Å². The lowest BCUT2D eigenvalue weighted by atomic mass is 9.94. The van der Waals surface area contributed by atoms with Gasteiger partial charge in [0.15, 0.2) is 0 Å². The van der Waals surface area contributed by atoms with Crippen LogP contribution >= 0.6 is 0 Å². The molecule has 0 bridgehead atoms. The van der Waals surface area contributed by atoms with E-state index >= 15 is 0 Å². The Labute approximate surface area is 296 Å². The maximum absolute atomic E-state index is 2.50. The lowest BCUT2D eigenvalue weighted by molar-refractivity contribution is 1.17. The number of benzene rings is 8. The third-order valence-electron chi connectivity index (χ3n) is 11.0. The molecule has 0 saturated carbocycles. The number of fused-ring (bicyclic) bond motifs is 9. The van der Waals surface area contributed by atoms with E-state index in [1.165, 1.54) is 99.5 Å². The van der Waals surface area contributed by atoms with Gasteiger partial charge in [-0.15, -0.1) is 0 Å². The van der Waals surface area contributed by atoms with Gasteiger partial charge in [-0.1, -0.05) is 133 Å². The normalized spacial score (nSPS) is 12.2. The fourth-order valence-corrected chi connectivity index (χ4v) is 8.84. The first kappa shape index (κ1) is 28.2. The third kappa shape index (κ3) is 4.11. The fourth-order valence-electron chi connectivity index (χ4n) is 8.84. The first-order valence-corrected chi connectivity index (χ1v) is 17.7. The van der Waals surface area contributed by atoms with E-state index in [0.29, 0.717) is 0 Å². The Bertz CT molecular complexity index is 2980. The van der Waals surface area contributed by atoms with Gasteiger partial charge in [0.1, 0.15) is 0 Å². The molecule has 1 aliphatic carbocycles. The zero-order valence-corrected chi connectivity index (χ0v) is 27.9. The fraction of sp³-hybridized carbons (Fsp3) is 0.0204. The van der Waals surface area contributed by atoms with Gasteiger partial charge in [-0.2, -0.15) is 0 Å². The number of para-hydroxylation sites is 3. The highest BCUT2D eigenvalue weighted by Gasteiger charge is 2.25. The van der Waals surface area contributed by atoms with Crippen molar-refractivity contribution in [2.75, 3.05) is 0 Å². The molecule has 10 aromatic rings. The van der Waals surface area contributed by atoms with Gasteiger partial charge < -0.3 is 9.13 Å². The Morgan fingerprint density at radius 3 is 1.49 bits per heavy atom. The monoisotopic (exact) mass is 648 g/mol. The molecule has 0 spiro atoms. The van der Waals surface area contributed by atoms with Crippen molar-refractivity contribution >= 4 is 43.6 Å². The second kappa shape index (κ2) is 10.9. The van der Waals surface area contributed by atoms with Crippen LogP contribution in [0.25, 0.3) is 88.4 Å². The van der Waals surface area contributed by atoms with E-state index in [9.17, 15) is 0 Å². The van der Waals surface area contributed by atoms with E-state index < -0.39 is 0 Å². The minimum absolute atomic E-state index is 0.952. The highest BCUT2D eigenvalue weighted by atomic mass is 15.0. The average molecular weight is 649 g/mol. The Hall–Kier alpha value is -6.64. The summed E-state index contributed by atoms with van der Waals surface area (Å²) in [6.07, 6.45) is 0.952. The molecule has 0 amide bonds. The molecule has 0 saturated heterocycles. The molecule has 11 rings (SSSR count). The van der Waals surface area contributed by atoms with Crippen molar-refractivity contribution in [3.05, 3.63) is 193 Å². The summed E-state index contributed by atoms with van der Waals surface area (Å²) in [6.45, 7) is 0. The third-order valence-corrected chi connectivity index (χ3v) is 11.0. The number of aromatic nitrogens is 2. The molecular weight excluding hydrogens is 617 g/mol. The van der Waals surface area contributed by atoms with Crippen molar-refractivity contribution in [3.63, 3.8) is 0 Å². The average Bonchev–Trinajstić information content (AvgIpc) is 3.86. The van der Waals surface area contributed by atoms with Crippen molar-refractivity contribution in [1.82, 2.24) is 9.13 Å². The summed E-state index contributed by atoms with van der Waals surface area (Å²) in [4.78, 5) is 0. The number of rotatable bonds is 4. The van der Waals surface area contributed by atoms with Crippen LogP contribution in [-0.2, 0) is 6.42 Å². The van der Waals surface area contributed by atoms with Gasteiger partial charge >= 0.3 is 0 Å². The molecule has 2 heterocycles. The van der Waals surface area contributed by atoms with Crippen LogP contribution in [0, 0.1) is 0 Å². The molecule has 8 aromatic carbocycles. The largest absolute Gasteiger partial charge is 0.309 e. The van der Waals surface area contributed by atoms with Gasteiger partial charge in [0.05, 0.1) is 22.1 Å². The molecule has 2 aromatic heterocycles. The summed E-state index contributed by atoms with van der Waals surface area (Å²) < 4.78 is 4.90. The molecule has 0 fully saturated rings. The van der Waals surface area contributed by atoms with Crippen LogP contribution in [0.1, 0.15) is 11.1 Å². The topological polar surface area (TPSA) is 9.86 Å². The summed E-state index contributed by atoms with van der Waals surface area (Å²) in [6, 6.07) is 66.8. The van der Waals surface area contributed by atoms with Crippen LogP contribution in [0.3, 0.4) is 0 Å². The van der Waals surface area contributed by atoms with Crippen molar-refractivity contribution < 1.29 is 0 Å². The van der Waals surface area contributed by atoms with E-state index in [1.807, 2.05) is 0 Å². The van der Waals surface area contributed by atoms with Gasteiger partial charge in [-0.05, 0) is 99.5 Å². The van der Waals surface area contributed by atoms with Gasteiger partial charge in [0.25, 0.3) is 0 Å². The van der Waals surface area contributed by atoms with Crippen LogP contribution in [-0.4, -0.2) is 9.13 Å². The first-order chi connectivity index (χ1) is 25.3. The zero-order valence-electron chi connectivity index (χ0n) is 27.9. The van der Waals surface area contributed by atoms with Crippen LogP contribution in [0.4, 0.5) is 0 Å². The Morgan fingerprint density at radius 1 is 0.333 bits per heavy atom. The SMILES string of the molecule is c1ccc(-c2cc(-n3c4ccccc4c4c(-c5cccc6c5c5ccccc5n6-c5ccccc5)cccc43)cc3c2Cc2ccccc2-3)cc1. The maximum atomic E-state index is 2.50. The molecule has 0 aliphatic heterocycles. The summed E-state index contributed by atoms with van der Waals surface area (Å²) in [5, 5.41) is 5.08. The van der Waals surface area contributed by atoms with Gasteiger partial charge in [-0.3, -0.25) is 0 Å². The molecule has 0 radical (unpaired) electrons. The molecule has 2 nitrogen and oxygen atoms in total. The lowest BCUT2D eigenvalue weighted by Crippen LogP contribution is -1.98. The summed E-state index contributed by atoms with van der Waals surface area (Å²) in [7, 11) is 0. The van der Waals surface area contributed by atoms with Gasteiger partial charge in [0, 0.05) is 32.9 Å². The lowest BCUT2D eigenvalue weighted by Gasteiger charge is -2.16. The van der Waals surface area contributed by atoms with Crippen LogP contribution in [0.2, 0.25) is 0 Å². The highest BCUT2D eigenvalue weighted by Crippen LogP contribution is 2.47. The minimum atomic E-state index is 0.952. The number of hydrogen-bond acceptors (Lipinski definition) is 0. The Kier molecular flexibility index (Phi) is 6.05. The van der Waals surface area contributed by atoms with Gasteiger partial charge in [0.2, 0.25) is 0 Å². The smallest absolute Gasteiger partial charge is 0.0547 e. The zero-order chi connectivity index (χ0) is 33.5. The van der Waals surface area contributed by atoms with Crippen molar-refractivity contribution in [2.24, 2.45) is 0 Å². The van der Waals surface area contributed by atoms with Crippen molar-refractivity contribution in [2.45, 2.75) is 6.42 Å². The Balaban J connectivity index is 1.22. The molecule has 238 valence electrons. The number of hydrogen-bond donors (Lipinski definition) is 0. The molecule has 0 N–H and O–H groups in total. The van der Waals surface area contributed by atoms with Crippen molar-refractivity contribution in [3.8, 4) is 44.8 Å². The predicted octanol–water partition coefficient (Wildman–Crippen LogP) is 12.8.